The Kier molecular flexibility index (Phi) is 5.23. The predicted molar refractivity (Wildman–Crippen MR) is 85.1 cm³/mol. The zero-order chi connectivity index (χ0) is 17.0. The zero-order valence-corrected chi connectivity index (χ0v) is 13.4. The van der Waals surface area contributed by atoms with Gasteiger partial charge in [-0.3, -0.25) is 9.48 Å². The van der Waals surface area contributed by atoms with Crippen LogP contribution in [0.5, 0.6) is 5.75 Å². The topological polar surface area (TPSA) is 93.5 Å². The molecule has 1 aromatic carbocycles. The molecule has 0 saturated carbocycles. The van der Waals surface area contributed by atoms with Crippen molar-refractivity contribution in [2.24, 2.45) is 7.05 Å². The van der Waals surface area contributed by atoms with Crippen LogP contribution in [0.4, 0.5) is 5.69 Å². The van der Waals surface area contributed by atoms with E-state index in [0.717, 1.165) is 12.1 Å². The van der Waals surface area contributed by atoms with Gasteiger partial charge in [-0.25, -0.2) is 4.79 Å². The zero-order valence-electron chi connectivity index (χ0n) is 12.7. The Morgan fingerprint density at radius 1 is 1.39 bits per heavy atom. The SMILES string of the molecule is CCc1cc(C(=O)Nc2ccc(OCC(=O)O)c(Cl)c2)n(C)n1. The number of amides is 1. The van der Waals surface area contributed by atoms with Gasteiger partial charge in [0.05, 0.1) is 10.7 Å². The van der Waals surface area contributed by atoms with Crippen molar-refractivity contribution in [2.45, 2.75) is 13.3 Å². The van der Waals surface area contributed by atoms with E-state index in [9.17, 15) is 9.59 Å². The average Bonchev–Trinajstić information content (AvgIpc) is 2.87. The number of ether oxygens (including phenoxy) is 1. The highest BCUT2D eigenvalue weighted by molar-refractivity contribution is 6.32. The molecule has 0 spiro atoms. The minimum Gasteiger partial charge on any atom is -0.480 e. The molecule has 2 rings (SSSR count). The molecule has 23 heavy (non-hydrogen) atoms. The van der Waals surface area contributed by atoms with Crippen LogP contribution >= 0.6 is 11.6 Å². The second-order valence-corrected chi connectivity index (χ2v) is 5.19. The number of aryl methyl sites for hydroxylation is 2. The Hall–Kier alpha value is -2.54. The summed E-state index contributed by atoms with van der Waals surface area (Å²) in [5, 5.41) is 15.7. The molecule has 0 radical (unpaired) electrons. The number of carbonyl (C=O) groups is 2. The summed E-state index contributed by atoms with van der Waals surface area (Å²) >= 11 is 6.01. The van der Waals surface area contributed by atoms with Crippen molar-refractivity contribution in [3.8, 4) is 5.75 Å². The van der Waals surface area contributed by atoms with E-state index in [-0.39, 0.29) is 16.7 Å². The molecule has 0 unspecified atom stereocenters. The minimum absolute atomic E-state index is 0.211. The van der Waals surface area contributed by atoms with Gasteiger partial charge in [0.2, 0.25) is 0 Å². The van der Waals surface area contributed by atoms with Gasteiger partial charge < -0.3 is 15.2 Å². The van der Waals surface area contributed by atoms with E-state index < -0.39 is 12.6 Å². The fourth-order valence-electron chi connectivity index (χ4n) is 1.94. The fourth-order valence-corrected chi connectivity index (χ4v) is 2.18. The first-order valence-corrected chi connectivity index (χ1v) is 7.27. The standard InChI is InChI=1S/C15H16ClN3O4/c1-3-9-7-12(19(2)18-9)15(22)17-10-4-5-13(11(16)6-10)23-8-14(20)21/h4-7H,3,8H2,1-2H3,(H,17,22)(H,20,21). The van der Waals surface area contributed by atoms with Crippen LogP contribution in [-0.2, 0) is 18.3 Å². The third kappa shape index (κ3) is 4.23. The lowest BCUT2D eigenvalue weighted by Gasteiger charge is -2.09. The first-order chi connectivity index (χ1) is 10.9. The van der Waals surface area contributed by atoms with E-state index in [1.165, 1.54) is 16.8 Å². The summed E-state index contributed by atoms with van der Waals surface area (Å²) in [4.78, 5) is 22.7. The van der Waals surface area contributed by atoms with Crippen molar-refractivity contribution in [3.05, 3.63) is 40.7 Å². The number of aliphatic carboxylic acids is 1. The molecule has 122 valence electrons. The van der Waals surface area contributed by atoms with E-state index in [1.807, 2.05) is 6.92 Å². The average molecular weight is 338 g/mol. The number of carboxylic acids is 1. The van der Waals surface area contributed by atoms with Gasteiger partial charge in [-0.2, -0.15) is 5.10 Å². The van der Waals surface area contributed by atoms with Crippen LogP contribution in [-0.4, -0.2) is 33.4 Å². The third-order valence-electron chi connectivity index (χ3n) is 3.07. The number of aromatic nitrogens is 2. The molecule has 1 amide bonds. The molecule has 8 heteroatoms. The summed E-state index contributed by atoms with van der Waals surface area (Å²) in [6, 6.07) is 6.30. The summed E-state index contributed by atoms with van der Waals surface area (Å²) in [5.74, 6) is -1.17. The van der Waals surface area contributed by atoms with Gasteiger partial charge in [0.25, 0.3) is 5.91 Å². The van der Waals surface area contributed by atoms with Gasteiger partial charge in [0.15, 0.2) is 6.61 Å². The Bertz CT molecular complexity index is 742. The largest absolute Gasteiger partial charge is 0.480 e. The van der Waals surface area contributed by atoms with Crippen molar-refractivity contribution in [1.29, 1.82) is 0 Å². The van der Waals surface area contributed by atoms with Crippen molar-refractivity contribution in [2.75, 3.05) is 11.9 Å². The van der Waals surface area contributed by atoms with E-state index in [0.29, 0.717) is 11.4 Å². The first-order valence-electron chi connectivity index (χ1n) is 6.89. The molecule has 0 fully saturated rings. The molecular formula is C15H16ClN3O4. The first kappa shape index (κ1) is 16.8. The molecule has 2 N–H and O–H groups in total. The Morgan fingerprint density at radius 3 is 2.70 bits per heavy atom. The summed E-state index contributed by atoms with van der Waals surface area (Å²) in [6.45, 7) is 1.47. The highest BCUT2D eigenvalue weighted by Gasteiger charge is 2.14. The van der Waals surface area contributed by atoms with E-state index >= 15 is 0 Å². The van der Waals surface area contributed by atoms with Gasteiger partial charge in [-0.1, -0.05) is 18.5 Å². The van der Waals surface area contributed by atoms with E-state index in [1.54, 1.807) is 19.2 Å². The number of anilines is 1. The Balaban J connectivity index is 2.10. The monoisotopic (exact) mass is 337 g/mol. The van der Waals surface area contributed by atoms with Gasteiger partial charge in [0, 0.05) is 12.7 Å². The number of carboxylic acid groups (broad SMARTS) is 1. The summed E-state index contributed by atoms with van der Waals surface area (Å²) in [5.41, 5.74) is 1.74. The quantitative estimate of drug-likeness (QED) is 0.844. The molecular weight excluding hydrogens is 322 g/mol. The van der Waals surface area contributed by atoms with Gasteiger partial charge >= 0.3 is 5.97 Å². The molecule has 2 aromatic rings. The fraction of sp³-hybridized carbons (Fsp3) is 0.267. The van der Waals surface area contributed by atoms with Crippen molar-refractivity contribution < 1.29 is 19.4 Å². The molecule has 7 nitrogen and oxygen atoms in total. The normalized spacial score (nSPS) is 10.4. The number of halogens is 1. The maximum Gasteiger partial charge on any atom is 0.341 e. The number of nitrogens with one attached hydrogen (secondary N) is 1. The van der Waals surface area contributed by atoms with Crippen molar-refractivity contribution in [3.63, 3.8) is 0 Å². The highest BCUT2D eigenvalue weighted by atomic mass is 35.5. The van der Waals surface area contributed by atoms with Gasteiger partial charge in [0.1, 0.15) is 11.4 Å². The van der Waals surface area contributed by atoms with E-state index in [2.05, 4.69) is 10.4 Å². The lowest BCUT2D eigenvalue weighted by molar-refractivity contribution is -0.139. The molecule has 0 aliphatic carbocycles. The minimum atomic E-state index is -1.10. The lowest BCUT2D eigenvalue weighted by Crippen LogP contribution is -2.16. The smallest absolute Gasteiger partial charge is 0.341 e. The number of nitrogens with zero attached hydrogens (tertiary/aromatic N) is 2. The van der Waals surface area contributed by atoms with Crippen molar-refractivity contribution >= 4 is 29.2 Å². The third-order valence-corrected chi connectivity index (χ3v) is 3.36. The number of hydrogen-bond donors (Lipinski definition) is 2. The Labute approximate surface area is 137 Å². The number of benzene rings is 1. The number of hydrogen-bond acceptors (Lipinski definition) is 4. The second kappa shape index (κ2) is 7.15. The van der Waals surface area contributed by atoms with Crippen LogP contribution in [0, 0.1) is 0 Å². The summed E-state index contributed by atoms with van der Waals surface area (Å²) < 4.78 is 6.54. The maximum absolute atomic E-state index is 12.3. The maximum atomic E-state index is 12.3. The van der Waals surface area contributed by atoms with Crippen LogP contribution in [0.3, 0.4) is 0 Å². The number of rotatable bonds is 6. The highest BCUT2D eigenvalue weighted by Crippen LogP contribution is 2.27. The molecule has 0 bridgehead atoms. The lowest BCUT2D eigenvalue weighted by atomic mass is 10.2. The molecule has 0 aliphatic heterocycles. The summed E-state index contributed by atoms with van der Waals surface area (Å²) in [6.07, 6.45) is 0.739. The van der Waals surface area contributed by atoms with E-state index in [4.69, 9.17) is 21.4 Å². The van der Waals surface area contributed by atoms with Gasteiger partial charge in [-0.05, 0) is 30.7 Å². The second-order valence-electron chi connectivity index (χ2n) is 4.78. The van der Waals surface area contributed by atoms with Gasteiger partial charge in [-0.15, -0.1) is 0 Å². The van der Waals surface area contributed by atoms with Crippen LogP contribution in [0.2, 0.25) is 5.02 Å². The molecule has 1 aromatic heterocycles. The molecule has 1 heterocycles. The Morgan fingerprint density at radius 2 is 2.13 bits per heavy atom. The van der Waals surface area contributed by atoms with Crippen LogP contribution in [0.25, 0.3) is 0 Å². The molecule has 0 aliphatic rings. The molecule has 0 atom stereocenters. The van der Waals surface area contributed by atoms with Crippen molar-refractivity contribution in [1.82, 2.24) is 9.78 Å². The summed E-state index contributed by atoms with van der Waals surface area (Å²) in [7, 11) is 1.70. The number of carbonyl (C=O) groups excluding carboxylic acids is 1. The predicted octanol–water partition coefficient (Wildman–Crippen LogP) is 2.35. The van der Waals surface area contributed by atoms with Crippen LogP contribution in [0.15, 0.2) is 24.3 Å². The molecule has 0 saturated heterocycles. The van der Waals surface area contributed by atoms with Crippen LogP contribution in [0.1, 0.15) is 23.1 Å². The van der Waals surface area contributed by atoms with Crippen LogP contribution < -0.4 is 10.1 Å².